The predicted molar refractivity (Wildman–Crippen MR) is 66.0 cm³/mol. The van der Waals surface area contributed by atoms with Crippen LogP contribution in [-0.2, 0) is 20.0 Å². The zero-order valence-corrected chi connectivity index (χ0v) is 11.2. The summed E-state index contributed by atoms with van der Waals surface area (Å²) in [6, 6.07) is 0. The summed E-state index contributed by atoms with van der Waals surface area (Å²) in [7, 11) is -6.72. The second-order valence-electron chi connectivity index (χ2n) is 3.14. The maximum absolute atomic E-state index is 11.2. The first-order chi connectivity index (χ1) is 7.12. The summed E-state index contributed by atoms with van der Waals surface area (Å²) in [6.45, 7) is 0.307. The molecule has 0 aromatic heterocycles. The third kappa shape index (κ3) is 10.2. The first-order valence-corrected chi connectivity index (χ1v) is 8.28. The van der Waals surface area contributed by atoms with Crippen LogP contribution < -0.4 is 15.2 Å². The lowest BCUT2D eigenvalue weighted by Gasteiger charge is -2.05. The van der Waals surface area contributed by atoms with Crippen LogP contribution in [0.3, 0.4) is 0 Å². The SMILES string of the molecule is CS(=O)(=O)NCCCNS(=O)(=O)CC(N)=S. The first kappa shape index (κ1) is 15.7. The number of thiocarbonyl (C=S) groups is 1. The van der Waals surface area contributed by atoms with E-state index in [4.69, 9.17) is 5.73 Å². The van der Waals surface area contributed by atoms with Crippen LogP contribution in [0.2, 0.25) is 0 Å². The van der Waals surface area contributed by atoms with E-state index in [0.29, 0.717) is 6.42 Å². The zero-order valence-electron chi connectivity index (χ0n) is 8.76. The minimum absolute atomic E-state index is 0.109. The maximum atomic E-state index is 11.2. The van der Waals surface area contributed by atoms with Crippen molar-refractivity contribution in [2.24, 2.45) is 5.73 Å². The number of rotatable bonds is 8. The highest BCUT2D eigenvalue weighted by molar-refractivity contribution is 7.92. The molecule has 0 aromatic rings. The van der Waals surface area contributed by atoms with E-state index in [9.17, 15) is 16.8 Å². The quantitative estimate of drug-likeness (QED) is 0.356. The minimum Gasteiger partial charge on any atom is -0.392 e. The molecule has 10 heteroatoms. The Kier molecular flexibility index (Phi) is 6.33. The molecule has 96 valence electrons. The third-order valence-corrected chi connectivity index (χ3v) is 3.76. The molecule has 0 unspecified atom stereocenters. The Hall–Kier alpha value is -0.290. The average Bonchev–Trinajstić information content (AvgIpc) is 1.98. The fraction of sp³-hybridized carbons (Fsp3) is 0.833. The lowest BCUT2D eigenvalue weighted by atomic mass is 10.4. The van der Waals surface area contributed by atoms with Gasteiger partial charge >= 0.3 is 0 Å². The van der Waals surface area contributed by atoms with Crippen molar-refractivity contribution >= 4 is 37.3 Å². The van der Waals surface area contributed by atoms with Gasteiger partial charge in [0.05, 0.1) is 11.2 Å². The van der Waals surface area contributed by atoms with Gasteiger partial charge in [-0.15, -0.1) is 0 Å². The highest BCUT2D eigenvalue weighted by Crippen LogP contribution is 1.86. The van der Waals surface area contributed by atoms with E-state index in [0.717, 1.165) is 6.26 Å². The van der Waals surface area contributed by atoms with Crippen molar-refractivity contribution in [2.45, 2.75) is 6.42 Å². The van der Waals surface area contributed by atoms with Crippen molar-refractivity contribution in [3.05, 3.63) is 0 Å². The Labute approximate surface area is 101 Å². The monoisotopic (exact) mass is 289 g/mol. The lowest BCUT2D eigenvalue weighted by molar-refractivity contribution is 0.577. The van der Waals surface area contributed by atoms with Gasteiger partial charge in [-0.2, -0.15) is 0 Å². The van der Waals surface area contributed by atoms with E-state index < -0.39 is 25.8 Å². The molecule has 0 rings (SSSR count). The van der Waals surface area contributed by atoms with Gasteiger partial charge in [0.2, 0.25) is 20.0 Å². The van der Waals surface area contributed by atoms with Crippen LogP contribution in [0, 0.1) is 0 Å². The van der Waals surface area contributed by atoms with Crippen molar-refractivity contribution in [3.63, 3.8) is 0 Å². The van der Waals surface area contributed by atoms with Crippen molar-refractivity contribution in [1.82, 2.24) is 9.44 Å². The Morgan fingerprint density at radius 3 is 2.12 bits per heavy atom. The summed E-state index contributed by atoms with van der Waals surface area (Å²) in [5.41, 5.74) is 5.09. The van der Waals surface area contributed by atoms with Gasteiger partial charge in [0.15, 0.2) is 0 Å². The molecule has 4 N–H and O–H groups in total. The van der Waals surface area contributed by atoms with E-state index >= 15 is 0 Å². The summed E-state index contributed by atoms with van der Waals surface area (Å²) in [5, 5.41) is 0. The van der Waals surface area contributed by atoms with Gasteiger partial charge < -0.3 is 5.73 Å². The molecule has 0 radical (unpaired) electrons. The molecular formula is C6H15N3O4S3. The molecular weight excluding hydrogens is 274 g/mol. The topological polar surface area (TPSA) is 118 Å². The van der Waals surface area contributed by atoms with Gasteiger partial charge in [-0.1, -0.05) is 12.2 Å². The van der Waals surface area contributed by atoms with Crippen molar-refractivity contribution < 1.29 is 16.8 Å². The molecule has 0 fully saturated rings. The minimum atomic E-state index is -3.49. The highest BCUT2D eigenvalue weighted by Gasteiger charge is 2.10. The molecule has 0 aliphatic rings. The van der Waals surface area contributed by atoms with E-state index in [1.807, 2.05) is 0 Å². The maximum Gasteiger partial charge on any atom is 0.218 e. The molecule has 0 aliphatic carbocycles. The Morgan fingerprint density at radius 2 is 1.69 bits per heavy atom. The summed E-state index contributed by atoms with van der Waals surface area (Å²) < 4.78 is 48.2. The van der Waals surface area contributed by atoms with Crippen LogP contribution in [0.25, 0.3) is 0 Å². The van der Waals surface area contributed by atoms with Crippen LogP contribution in [0.1, 0.15) is 6.42 Å². The van der Waals surface area contributed by atoms with Crippen LogP contribution in [0.4, 0.5) is 0 Å². The van der Waals surface area contributed by atoms with Crippen LogP contribution >= 0.6 is 12.2 Å². The molecule has 7 nitrogen and oxygen atoms in total. The van der Waals surface area contributed by atoms with E-state index in [1.54, 1.807) is 0 Å². The second-order valence-corrected chi connectivity index (χ2v) is 7.30. The fourth-order valence-corrected chi connectivity index (χ4v) is 2.72. The number of nitrogens with one attached hydrogen (secondary N) is 2. The molecule has 0 heterocycles. The van der Waals surface area contributed by atoms with Crippen LogP contribution in [-0.4, -0.2) is 46.9 Å². The third-order valence-electron chi connectivity index (χ3n) is 1.37. The summed E-state index contributed by atoms with van der Waals surface area (Å²) in [6.07, 6.45) is 1.38. The molecule has 0 aliphatic heterocycles. The predicted octanol–water partition coefficient (Wildman–Crippen LogP) is -1.87. The van der Waals surface area contributed by atoms with Crippen molar-refractivity contribution in [2.75, 3.05) is 25.1 Å². The van der Waals surface area contributed by atoms with Gasteiger partial charge in [0.25, 0.3) is 0 Å². The molecule has 0 saturated carbocycles. The molecule has 0 atom stereocenters. The van der Waals surface area contributed by atoms with E-state index in [-0.39, 0.29) is 18.1 Å². The fourth-order valence-electron chi connectivity index (χ4n) is 0.812. The summed E-state index contributed by atoms with van der Waals surface area (Å²) >= 11 is 4.46. The van der Waals surface area contributed by atoms with Gasteiger partial charge in [-0.05, 0) is 6.42 Å². The van der Waals surface area contributed by atoms with Gasteiger partial charge in [0, 0.05) is 13.1 Å². The second kappa shape index (κ2) is 6.45. The molecule has 0 spiro atoms. The average molecular weight is 289 g/mol. The molecule has 0 bridgehead atoms. The number of hydrogen-bond donors (Lipinski definition) is 3. The molecule has 0 amide bonds. The summed E-state index contributed by atoms with van der Waals surface area (Å²) in [5.74, 6) is -0.401. The zero-order chi connectivity index (χ0) is 12.8. The standard InChI is InChI=1S/C6H15N3O4S3/c1-15(10,11)8-3-2-4-9-16(12,13)5-6(7)14/h8-9H,2-5H2,1H3,(H2,7,14). The largest absolute Gasteiger partial charge is 0.392 e. The summed E-state index contributed by atoms with van der Waals surface area (Å²) in [4.78, 5) is -0.109. The van der Waals surface area contributed by atoms with Crippen LogP contribution in [0.5, 0.6) is 0 Å². The van der Waals surface area contributed by atoms with Gasteiger partial charge in [-0.3, -0.25) is 0 Å². The van der Waals surface area contributed by atoms with Gasteiger partial charge in [-0.25, -0.2) is 26.3 Å². The number of sulfonamides is 2. The van der Waals surface area contributed by atoms with E-state index in [2.05, 4.69) is 21.7 Å². The van der Waals surface area contributed by atoms with Crippen molar-refractivity contribution in [3.8, 4) is 0 Å². The molecule has 0 saturated heterocycles. The van der Waals surface area contributed by atoms with Crippen LogP contribution in [0.15, 0.2) is 0 Å². The highest BCUT2D eigenvalue weighted by atomic mass is 32.2. The Morgan fingerprint density at radius 1 is 1.19 bits per heavy atom. The normalized spacial score (nSPS) is 12.6. The van der Waals surface area contributed by atoms with Gasteiger partial charge in [0.1, 0.15) is 5.75 Å². The Bertz CT molecular complexity index is 428. The smallest absolute Gasteiger partial charge is 0.218 e. The molecule has 16 heavy (non-hydrogen) atoms. The number of nitrogens with two attached hydrogens (primary N) is 1. The molecule has 0 aromatic carbocycles. The van der Waals surface area contributed by atoms with E-state index in [1.165, 1.54) is 0 Å². The first-order valence-electron chi connectivity index (χ1n) is 4.33. The van der Waals surface area contributed by atoms with Crippen molar-refractivity contribution in [1.29, 1.82) is 0 Å². The number of hydrogen-bond acceptors (Lipinski definition) is 5. The lowest BCUT2D eigenvalue weighted by Crippen LogP contribution is -2.34. The Balaban J connectivity index is 3.79.